The third kappa shape index (κ3) is 5.11. The topological polar surface area (TPSA) is 77.8 Å². The van der Waals surface area contributed by atoms with E-state index in [4.69, 9.17) is 24.4 Å². The van der Waals surface area contributed by atoms with Crippen LogP contribution in [0.5, 0.6) is 0 Å². The first-order valence-electron chi connectivity index (χ1n) is 5.84. The maximum absolute atomic E-state index is 12.4. The zero-order valence-electron chi connectivity index (χ0n) is 10.9. The summed E-state index contributed by atoms with van der Waals surface area (Å²) in [6.07, 6.45) is -0.100. The minimum atomic E-state index is -3.61. The van der Waals surface area contributed by atoms with E-state index in [9.17, 15) is 4.57 Å². The Morgan fingerprint density at radius 3 is 2.26 bits per heavy atom. The van der Waals surface area contributed by atoms with Crippen molar-refractivity contribution < 1.29 is 23.7 Å². The largest absolute Gasteiger partial charge is 0.388 e. The van der Waals surface area contributed by atoms with E-state index < -0.39 is 7.60 Å². The molecule has 0 heterocycles. The van der Waals surface area contributed by atoms with E-state index in [1.165, 1.54) is 0 Å². The van der Waals surface area contributed by atoms with E-state index in [-0.39, 0.29) is 19.4 Å². The molecular formula is C12H16NO5P. The number of benzene rings is 1. The van der Waals surface area contributed by atoms with E-state index in [0.29, 0.717) is 11.1 Å². The molecule has 0 bridgehead atoms. The van der Waals surface area contributed by atoms with Crippen molar-refractivity contribution in [2.24, 2.45) is 0 Å². The molecule has 0 saturated heterocycles. The fourth-order valence-corrected chi connectivity index (χ4v) is 2.66. The van der Waals surface area contributed by atoms with Crippen LogP contribution in [0.4, 0.5) is 0 Å². The highest BCUT2D eigenvalue weighted by Crippen LogP contribution is 2.52. The monoisotopic (exact) mass is 285 g/mol. The SMILES string of the molecule is CCOOP(=O)(Cc1ccccc1C#N)OOCC. The van der Waals surface area contributed by atoms with Gasteiger partial charge in [0.25, 0.3) is 0 Å². The van der Waals surface area contributed by atoms with Crippen LogP contribution in [0.1, 0.15) is 25.0 Å². The van der Waals surface area contributed by atoms with E-state index in [2.05, 4.69) is 0 Å². The molecule has 104 valence electrons. The first-order chi connectivity index (χ1) is 9.15. The highest BCUT2D eigenvalue weighted by atomic mass is 31.2. The summed E-state index contributed by atoms with van der Waals surface area (Å²) in [5, 5.41) is 8.98. The summed E-state index contributed by atoms with van der Waals surface area (Å²) in [7, 11) is -3.61. The van der Waals surface area contributed by atoms with E-state index in [1.54, 1.807) is 38.1 Å². The molecule has 1 aromatic carbocycles. The van der Waals surface area contributed by atoms with Crippen LogP contribution in [0.2, 0.25) is 0 Å². The van der Waals surface area contributed by atoms with Gasteiger partial charge in [0, 0.05) is 0 Å². The van der Waals surface area contributed by atoms with Gasteiger partial charge in [-0.3, -0.25) is 4.57 Å². The zero-order chi connectivity index (χ0) is 14.1. The van der Waals surface area contributed by atoms with Gasteiger partial charge in [-0.25, -0.2) is 9.78 Å². The van der Waals surface area contributed by atoms with Crippen LogP contribution in [-0.2, 0) is 29.9 Å². The number of nitrogens with zero attached hydrogens (tertiary/aromatic N) is 1. The van der Waals surface area contributed by atoms with Crippen LogP contribution in [0.15, 0.2) is 24.3 Å². The van der Waals surface area contributed by atoms with E-state index in [1.807, 2.05) is 6.07 Å². The molecule has 1 aromatic rings. The molecule has 1 rings (SSSR count). The first kappa shape index (κ1) is 15.8. The van der Waals surface area contributed by atoms with Crippen LogP contribution in [0, 0.1) is 11.3 Å². The molecule has 0 amide bonds. The number of rotatable bonds is 8. The maximum atomic E-state index is 12.4. The maximum Gasteiger partial charge on any atom is 0.388 e. The van der Waals surface area contributed by atoms with Crippen molar-refractivity contribution in [3.63, 3.8) is 0 Å². The summed E-state index contributed by atoms with van der Waals surface area (Å²) in [4.78, 5) is 9.38. The third-order valence-corrected chi connectivity index (χ3v) is 3.46. The molecule has 0 aliphatic carbocycles. The second-order valence-corrected chi connectivity index (χ2v) is 5.34. The molecule has 0 saturated carbocycles. The van der Waals surface area contributed by atoms with Crippen molar-refractivity contribution in [1.82, 2.24) is 0 Å². The Balaban J connectivity index is 2.87. The summed E-state index contributed by atoms with van der Waals surface area (Å²) in [6.45, 7) is 3.82. The van der Waals surface area contributed by atoms with Crippen LogP contribution in [-0.4, -0.2) is 13.2 Å². The Bertz CT molecular complexity index is 473. The van der Waals surface area contributed by atoms with Gasteiger partial charge in [0.1, 0.15) is 0 Å². The molecule has 0 aromatic heterocycles. The smallest absolute Gasteiger partial charge is 0.255 e. The van der Waals surface area contributed by atoms with Gasteiger partial charge < -0.3 is 0 Å². The van der Waals surface area contributed by atoms with Crippen molar-refractivity contribution >= 4 is 7.60 Å². The third-order valence-electron chi connectivity index (χ3n) is 2.07. The van der Waals surface area contributed by atoms with Gasteiger partial charge in [-0.1, -0.05) is 18.2 Å². The van der Waals surface area contributed by atoms with Crippen molar-refractivity contribution in [3.05, 3.63) is 35.4 Å². The fraction of sp³-hybridized carbons (Fsp3) is 0.417. The Labute approximate surface area is 112 Å². The van der Waals surface area contributed by atoms with Crippen molar-refractivity contribution in [1.29, 1.82) is 5.26 Å². The van der Waals surface area contributed by atoms with Crippen LogP contribution in [0.25, 0.3) is 0 Å². The minimum absolute atomic E-state index is 0.100. The van der Waals surface area contributed by atoms with Crippen molar-refractivity contribution in [3.8, 4) is 6.07 Å². The molecule has 0 aliphatic heterocycles. The summed E-state index contributed by atoms with van der Waals surface area (Å²) >= 11 is 0. The zero-order valence-corrected chi connectivity index (χ0v) is 11.8. The van der Waals surface area contributed by atoms with Crippen molar-refractivity contribution in [2.45, 2.75) is 20.0 Å². The lowest BCUT2D eigenvalue weighted by Crippen LogP contribution is -2.02. The number of nitriles is 1. The normalized spacial score (nSPS) is 11.2. The van der Waals surface area contributed by atoms with Gasteiger partial charge in [-0.05, 0) is 25.5 Å². The summed E-state index contributed by atoms with van der Waals surface area (Å²) in [6, 6.07) is 8.78. The predicted molar refractivity (Wildman–Crippen MR) is 67.9 cm³/mol. The molecule has 19 heavy (non-hydrogen) atoms. The second-order valence-electron chi connectivity index (χ2n) is 3.50. The predicted octanol–water partition coefficient (Wildman–Crippen LogP) is 3.19. The minimum Gasteiger partial charge on any atom is -0.255 e. The lowest BCUT2D eigenvalue weighted by atomic mass is 10.1. The molecule has 0 radical (unpaired) electrons. The number of hydrogen-bond donors (Lipinski definition) is 0. The second kappa shape index (κ2) is 8.05. The Morgan fingerprint density at radius 2 is 1.74 bits per heavy atom. The van der Waals surface area contributed by atoms with Crippen LogP contribution in [0.3, 0.4) is 0 Å². The Kier molecular flexibility index (Phi) is 6.71. The lowest BCUT2D eigenvalue weighted by Gasteiger charge is -2.15. The van der Waals surface area contributed by atoms with Gasteiger partial charge in [0.2, 0.25) is 0 Å². The molecule has 0 aliphatic rings. The average Bonchev–Trinajstić information content (AvgIpc) is 2.44. The summed E-state index contributed by atoms with van der Waals surface area (Å²) < 4.78 is 21.9. The summed E-state index contributed by atoms with van der Waals surface area (Å²) in [5.74, 6) is 0. The molecule has 0 unspecified atom stereocenters. The molecule has 7 heteroatoms. The van der Waals surface area contributed by atoms with Crippen LogP contribution >= 0.6 is 7.60 Å². The van der Waals surface area contributed by atoms with Gasteiger partial charge >= 0.3 is 7.60 Å². The first-order valence-corrected chi connectivity index (χ1v) is 7.57. The highest BCUT2D eigenvalue weighted by molar-refractivity contribution is 7.52. The molecule has 0 atom stereocenters. The molecule has 6 nitrogen and oxygen atoms in total. The lowest BCUT2D eigenvalue weighted by molar-refractivity contribution is -0.263. The molecular weight excluding hydrogens is 269 g/mol. The van der Waals surface area contributed by atoms with E-state index in [0.717, 1.165) is 0 Å². The average molecular weight is 285 g/mol. The van der Waals surface area contributed by atoms with Crippen LogP contribution < -0.4 is 0 Å². The Morgan fingerprint density at radius 1 is 1.16 bits per heavy atom. The molecule has 0 fully saturated rings. The standard InChI is InChI=1S/C12H16NO5P/c1-3-15-17-19(14,18-16-4-2)10-12-8-6-5-7-11(12)9-13/h5-8H,3-4,10H2,1-2H3. The van der Waals surface area contributed by atoms with Gasteiger partial charge in [-0.2, -0.15) is 5.26 Å². The van der Waals surface area contributed by atoms with E-state index >= 15 is 0 Å². The van der Waals surface area contributed by atoms with Gasteiger partial charge in [0.15, 0.2) is 0 Å². The van der Waals surface area contributed by atoms with Crippen molar-refractivity contribution in [2.75, 3.05) is 13.2 Å². The highest BCUT2D eigenvalue weighted by Gasteiger charge is 2.29. The molecule has 0 N–H and O–H groups in total. The summed E-state index contributed by atoms with van der Waals surface area (Å²) in [5.41, 5.74) is 0.954. The Hall–Kier alpha value is -1.22. The van der Waals surface area contributed by atoms with Gasteiger partial charge in [0.05, 0.1) is 31.0 Å². The quantitative estimate of drug-likeness (QED) is 0.414. The fourth-order valence-electron chi connectivity index (χ4n) is 1.31. The number of hydrogen-bond acceptors (Lipinski definition) is 6. The molecule has 0 spiro atoms. The van der Waals surface area contributed by atoms with Gasteiger partial charge in [-0.15, -0.1) is 9.35 Å².